The molecule has 1 spiro atoms. The molecule has 1 unspecified atom stereocenters. The first-order valence-corrected chi connectivity index (χ1v) is 10.0. The van der Waals surface area contributed by atoms with Gasteiger partial charge in [-0.05, 0) is 37.1 Å². The molecule has 0 amide bonds. The minimum Gasteiger partial charge on any atom is -0.380 e. The molecule has 2 aliphatic rings. The summed E-state index contributed by atoms with van der Waals surface area (Å²) in [6.07, 6.45) is -3.06. The number of halogens is 3. The molecule has 1 aromatic carbocycles. The van der Waals surface area contributed by atoms with Crippen LogP contribution in [0.4, 0.5) is 13.2 Å². The minimum atomic E-state index is -4.33. The summed E-state index contributed by atoms with van der Waals surface area (Å²) in [5, 5.41) is 0. The normalized spacial score (nSPS) is 23.5. The van der Waals surface area contributed by atoms with Crippen LogP contribution in [0.15, 0.2) is 24.3 Å². The van der Waals surface area contributed by atoms with E-state index in [1.807, 2.05) is 0 Å². The summed E-state index contributed by atoms with van der Waals surface area (Å²) >= 11 is 0. The molecule has 8 heteroatoms. The zero-order valence-electron chi connectivity index (χ0n) is 14.1. The molecule has 25 heavy (non-hydrogen) atoms. The van der Waals surface area contributed by atoms with Crippen molar-refractivity contribution in [2.45, 2.75) is 25.1 Å². The van der Waals surface area contributed by atoms with Crippen molar-refractivity contribution < 1.29 is 26.3 Å². The second-order valence-corrected chi connectivity index (χ2v) is 9.34. The molecule has 2 heterocycles. The smallest absolute Gasteiger partial charge is 0.380 e. The van der Waals surface area contributed by atoms with Crippen molar-refractivity contribution in [2.75, 3.05) is 38.2 Å². The Kier molecular flexibility index (Phi) is 4.89. The molecule has 0 N–H and O–H groups in total. The van der Waals surface area contributed by atoms with Gasteiger partial charge in [-0.1, -0.05) is 12.1 Å². The minimum absolute atomic E-state index is 0.0918. The summed E-state index contributed by atoms with van der Waals surface area (Å²) in [5.41, 5.74) is 0.0451. The Morgan fingerprint density at radius 3 is 2.40 bits per heavy atom. The van der Waals surface area contributed by atoms with Gasteiger partial charge in [-0.25, -0.2) is 8.42 Å². The lowest BCUT2D eigenvalue weighted by Gasteiger charge is -2.37. The van der Waals surface area contributed by atoms with Gasteiger partial charge in [-0.15, -0.1) is 0 Å². The average molecular weight is 377 g/mol. The molecule has 0 radical (unpaired) electrons. The van der Waals surface area contributed by atoms with E-state index in [0.717, 1.165) is 37.2 Å². The van der Waals surface area contributed by atoms with E-state index in [1.54, 1.807) is 7.11 Å². The third-order valence-corrected chi connectivity index (χ3v) is 7.21. The zero-order valence-corrected chi connectivity index (χ0v) is 14.9. The molecule has 0 saturated carbocycles. The van der Waals surface area contributed by atoms with E-state index in [0.29, 0.717) is 13.0 Å². The van der Waals surface area contributed by atoms with E-state index in [4.69, 9.17) is 4.74 Å². The average Bonchev–Trinajstić information content (AvgIpc) is 2.88. The predicted molar refractivity (Wildman–Crippen MR) is 88.1 cm³/mol. The van der Waals surface area contributed by atoms with Gasteiger partial charge in [0, 0.05) is 25.6 Å². The quantitative estimate of drug-likeness (QED) is 0.791. The van der Waals surface area contributed by atoms with E-state index < -0.39 is 21.6 Å². The molecular weight excluding hydrogens is 355 g/mol. The van der Waals surface area contributed by atoms with Gasteiger partial charge < -0.3 is 9.64 Å². The SMILES string of the molecule is COC(Cc1ccc(C(F)(F)F)cc1)CN1CCC2(C1)CS(=O)(=O)C2. The molecule has 2 saturated heterocycles. The highest BCUT2D eigenvalue weighted by Gasteiger charge is 2.52. The van der Waals surface area contributed by atoms with E-state index in [-0.39, 0.29) is 23.0 Å². The number of ether oxygens (including phenoxy) is 1. The first-order chi connectivity index (χ1) is 11.6. The van der Waals surface area contributed by atoms with Crippen molar-refractivity contribution in [1.29, 1.82) is 0 Å². The number of sulfone groups is 1. The van der Waals surface area contributed by atoms with Crippen LogP contribution in [0, 0.1) is 5.41 Å². The maximum atomic E-state index is 12.6. The second-order valence-electron chi connectivity index (χ2n) is 7.27. The number of hydrogen-bond donors (Lipinski definition) is 0. The van der Waals surface area contributed by atoms with Gasteiger partial charge in [-0.2, -0.15) is 13.2 Å². The van der Waals surface area contributed by atoms with Crippen molar-refractivity contribution in [1.82, 2.24) is 4.90 Å². The lowest BCUT2D eigenvalue weighted by molar-refractivity contribution is -0.137. The van der Waals surface area contributed by atoms with E-state index >= 15 is 0 Å². The molecule has 0 aromatic heterocycles. The van der Waals surface area contributed by atoms with Crippen LogP contribution in [0.3, 0.4) is 0 Å². The van der Waals surface area contributed by atoms with Crippen LogP contribution in [0.5, 0.6) is 0 Å². The summed E-state index contributed by atoms with van der Waals surface area (Å²) in [5.74, 6) is 0.542. The number of hydrogen-bond acceptors (Lipinski definition) is 4. The molecule has 0 aliphatic carbocycles. The van der Waals surface area contributed by atoms with E-state index in [2.05, 4.69) is 4.90 Å². The fourth-order valence-electron chi connectivity index (χ4n) is 3.91. The van der Waals surface area contributed by atoms with Crippen molar-refractivity contribution in [3.63, 3.8) is 0 Å². The third-order valence-electron chi connectivity index (χ3n) is 5.11. The first kappa shape index (κ1) is 18.7. The summed E-state index contributed by atoms with van der Waals surface area (Å²) in [6.45, 7) is 2.24. The fraction of sp³-hybridized carbons (Fsp3) is 0.647. The number of likely N-dealkylation sites (tertiary alicyclic amines) is 1. The summed E-state index contributed by atoms with van der Waals surface area (Å²) in [6, 6.07) is 5.15. The molecule has 2 aliphatic heterocycles. The standard InChI is InChI=1S/C17H22F3NO3S/c1-24-15(8-13-2-4-14(5-3-13)17(18,19)20)9-21-7-6-16(10-21)11-25(22,23)12-16/h2-5,15H,6-12H2,1H3. The number of methoxy groups -OCH3 is 1. The van der Waals surface area contributed by atoms with Crippen LogP contribution in [0.1, 0.15) is 17.5 Å². The van der Waals surface area contributed by atoms with Crippen LogP contribution in [0.25, 0.3) is 0 Å². The number of rotatable bonds is 5. The molecular formula is C17H22F3NO3S. The Hall–Kier alpha value is -1.12. The van der Waals surface area contributed by atoms with Crippen molar-refractivity contribution in [2.24, 2.45) is 5.41 Å². The molecule has 4 nitrogen and oxygen atoms in total. The molecule has 1 aromatic rings. The predicted octanol–water partition coefficient (Wildman–Crippen LogP) is 2.38. The van der Waals surface area contributed by atoms with Crippen LogP contribution in [0.2, 0.25) is 0 Å². The van der Waals surface area contributed by atoms with Gasteiger partial charge in [0.25, 0.3) is 0 Å². The van der Waals surface area contributed by atoms with Crippen LogP contribution >= 0.6 is 0 Å². The third kappa shape index (κ3) is 4.35. The molecule has 2 fully saturated rings. The molecule has 3 rings (SSSR count). The van der Waals surface area contributed by atoms with Gasteiger partial charge in [0.1, 0.15) is 0 Å². The van der Waals surface area contributed by atoms with Gasteiger partial charge in [0.05, 0.1) is 23.2 Å². The fourth-order valence-corrected chi connectivity index (χ4v) is 6.17. The largest absolute Gasteiger partial charge is 0.416 e. The lowest BCUT2D eigenvalue weighted by atomic mass is 9.91. The topological polar surface area (TPSA) is 46.6 Å². The summed E-state index contributed by atoms with van der Waals surface area (Å²) in [7, 11) is -1.25. The Labute approximate surface area is 145 Å². The van der Waals surface area contributed by atoms with E-state index in [9.17, 15) is 21.6 Å². The molecule has 140 valence electrons. The van der Waals surface area contributed by atoms with Crippen molar-refractivity contribution in [3.8, 4) is 0 Å². The number of alkyl halides is 3. The Morgan fingerprint density at radius 1 is 1.24 bits per heavy atom. The second kappa shape index (κ2) is 6.55. The maximum absolute atomic E-state index is 12.6. The van der Waals surface area contributed by atoms with Crippen molar-refractivity contribution in [3.05, 3.63) is 35.4 Å². The van der Waals surface area contributed by atoms with Crippen LogP contribution < -0.4 is 0 Å². The van der Waals surface area contributed by atoms with Gasteiger partial charge in [-0.3, -0.25) is 0 Å². The number of benzene rings is 1. The Morgan fingerprint density at radius 2 is 1.88 bits per heavy atom. The maximum Gasteiger partial charge on any atom is 0.416 e. The van der Waals surface area contributed by atoms with Gasteiger partial charge >= 0.3 is 6.18 Å². The summed E-state index contributed by atoms with van der Waals surface area (Å²) in [4.78, 5) is 2.20. The molecule has 1 atom stereocenters. The monoisotopic (exact) mass is 377 g/mol. The van der Waals surface area contributed by atoms with E-state index in [1.165, 1.54) is 12.1 Å². The Bertz CT molecular complexity index is 704. The Balaban J connectivity index is 1.55. The lowest BCUT2D eigenvalue weighted by Crippen LogP contribution is -2.50. The zero-order chi connectivity index (χ0) is 18.3. The molecule has 0 bridgehead atoms. The van der Waals surface area contributed by atoms with Crippen LogP contribution in [-0.4, -0.2) is 57.7 Å². The highest BCUT2D eigenvalue weighted by atomic mass is 32.2. The van der Waals surface area contributed by atoms with Crippen molar-refractivity contribution >= 4 is 9.84 Å². The highest BCUT2D eigenvalue weighted by molar-refractivity contribution is 7.92. The highest BCUT2D eigenvalue weighted by Crippen LogP contribution is 2.41. The van der Waals surface area contributed by atoms with Crippen LogP contribution in [-0.2, 0) is 27.2 Å². The summed E-state index contributed by atoms with van der Waals surface area (Å²) < 4.78 is 66.2. The van der Waals surface area contributed by atoms with Gasteiger partial charge in [0.15, 0.2) is 9.84 Å². The van der Waals surface area contributed by atoms with Gasteiger partial charge in [0.2, 0.25) is 0 Å². The first-order valence-electron chi connectivity index (χ1n) is 8.23. The number of nitrogens with zero attached hydrogens (tertiary/aromatic N) is 1.